The average molecular weight is 166 g/mol. The lowest BCUT2D eigenvalue weighted by atomic mass is 10.1. The highest BCUT2D eigenvalue weighted by atomic mass is 16.1. The van der Waals surface area contributed by atoms with Crippen molar-refractivity contribution in [2.45, 2.75) is 31.3 Å². The Morgan fingerprint density at radius 2 is 2.42 bits per heavy atom. The van der Waals surface area contributed by atoms with Crippen LogP contribution in [-0.2, 0) is 4.79 Å². The minimum atomic E-state index is -0.206. The molecule has 0 aromatic heterocycles. The summed E-state index contributed by atoms with van der Waals surface area (Å²) >= 11 is 0. The molecule has 0 aromatic carbocycles. The summed E-state index contributed by atoms with van der Waals surface area (Å²) in [5, 5.41) is 0. The monoisotopic (exact) mass is 166 g/mol. The number of carbonyl (C=O) groups excluding carboxylic acids is 1. The Labute approximate surface area is 72.2 Å². The lowest BCUT2D eigenvalue weighted by Gasteiger charge is -2.29. The molecule has 2 heterocycles. The van der Waals surface area contributed by atoms with Crippen molar-refractivity contribution in [3.05, 3.63) is 12.2 Å². The fourth-order valence-corrected chi connectivity index (χ4v) is 2.24. The van der Waals surface area contributed by atoms with Crippen molar-refractivity contribution < 1.29 is 4.79 Å². The number of nitrogens with two attached hydrogens (primary N) is 1. The van der Waals surface area contributed by atoms with Gasteiger partial charge in [-0.2, -0.15) is 0 Å². The molecule has 2 unspecified atom stereocenters. The Hall–Kier alpha value is -0.830. The molecular formula is C9H14N2O. The van der Waals surface area contributed by atoms with Gasteiger partial charge in [-0.05, 0) is 19.3 Å². The van der Waals surface area contributed by atoms with Gasteiger partial charge in [0.15, 0.2) is 0 Å². The zero-order valence-electron chi connectivity index (χ0n) is 7.07. The number of amides is 1. The van der Waals surface area contributed by atoms with Gasteiger partial charge in [-0.1, -0.05) is 12.2 Å². The van der Waals surface area contributed by atoms with Gasteiger partial charge in [-0.25, -0.2) is 0 Å². The summed E-state index contributed by atoms with van der Waals surface area (Å²) in [7, 11) is 0. The first-order chi connectivity index (χ1) is 5.77. The highest BCUT2D eigenvalue weighted by Crippen LogP contribution is 2.30. The van der Waals surface area contributed by atoms with Gasteiger partial charge in [-0.3, -0.25) is 9.69 Å². The van der Waals surface area contributed by atoms with Gasteiger partial charge in [0.05, 0.1) is 6.54 Å². The van der Waals surface area contributed by atoms with E-state index in [1.54, 1.807) is 0 Å². The fourth-order valence-electron chi connectivity index (χ4n) is 2.24. The van der Waals surface area contributed by atoms with E-state index in [-0.39, 0.29) is 5.91 Å². The molecule has 0 aliphatic carbocycles. The summed E-state index contributed by atoms with van der Waals surface area (Å²) in [6.45, 7) is 0.430. The van der Waals surface area contributed by atoms with Crippen molar-refractivity contribution >= 4 is 5.91 Å². The molecule has 1 saturated heterocycles. The highest BCUT2D eigenvalue weighted by molar-refractivity contribution is 5.76. The molecule has 1 fully saturated rings. The van der Waals surface area contributed by atoms with Crippen LogP contribution in [-0.4, -0.2) is 29.4 Å². The van der Waals surface area contributed by atoms with E-state index in [0.29, 0.717) is 18.6 Å². The van der Waals surface area contributed by atoms with E-state index < -0.39 is 0 Å². The Balaban J connectivity index is 2.07. The molecule has 2 N–H and O–H groups in total. The van der Waals surface area contributed by atoms with Crippen molar-refractivity contribution in [3.63, 3.8) is 0 Å². The number of rotatable bonds is 2. The van der Waals surface area contributed by atoms with Gasteiger partial charge in [0.25, 0.3) is 0 Å². The van der Waals surface area contributed by atoms with Crippen LogP contribution in [0.25, 0.3) is 0 Å². The van der Waals surface area contributed by atoms with Crippen LogP contribution in [0.3, 0.4) is 0 Å². The Bertz CT molecular complexity index is 225. The Morgan fingerprint density at radius 1 is 1.58 bits per heavy atom. The molecular weight excluding hydrogens is 152 g/mol. The fraction of sp³-hybridized carbons (Fsp3) is 0.667. The van der Waals surface area contributed by atoms with Gasteiger partial charge in [0.1, 0.15) is 0 Å². The second-order valence-corrected chi connectivity index (χ2v) is 3.60. The smallest absolute Gasteiger partial charge is 0.231 e. The third-order valence-electron chi connectivity index (χ3n) is 2.80. The molecule has 66 valence electrons. The van der Waals surface area contributed by atoms with Crippen molar-refractivity contribution in [1.29, 1.82) is 0 Å². The predicted octanol–water partition coefficient (Wildman–Crippen LogP) is 0.265. The number of hydrogen-bond acceptors (Lipinski definition) is 2. The first-order valence-corrected chi connectivity index (χ1v) is 4.48. The zero-order chi connectivity index (χ0) is 8.55. The molecule has 2 atom stereocenters. The molecule has 0 saturated carbocycles. The maximum atomic E-state index is 10.7. The molecule has 3 heteroatoms. The van der Waals surface area contributed by atoms with Gasteiger partial charge in [-0.15, -0.1) is 0 Å². The molecule has 12 heavy (non-hydrogen) atoms. The molecule has 0 aromatic rings. The Kier molecular flexibility index (Phi) is 1.89. The summed E-state index contributed by atoms with van der Waals surface area (Å²) in [6, 6.07) is 1.06. The topological polar surface area (TPSA) is 46.3 Å². The van der Waals surface area contributed by atoms with Crippen molar-refractivity contribution in [1.82, 2.24) is 4.90 Å². The van der Waals surface area contributed by atoms with Crippen LogP contribution in [0, 0.1) is 0 Å². The zero-order valence-corrected chi connectivity index (χ0v) is 7.07. The number of nitrogens with zero attached hydrogens (tertiary/aromatic N) is 1. The summed E-state index contributed by atoms with van der Waals surface area (Å²) in [5.74, 6) is -0.206. The SMILES string of the molecule is NC(=O)CN1C2C=CCC1CC2. The van der Waals surface area contributed by atoms with Crippen LogP contribution in [0.15, 0.2) is 12.2 Å². The Morgan fingerprint density at radius 3 is 3.08 bits per heavy atom. The molecule has 2 aliphatic rings. The second kappa shape index (κ2) is 2.90. The van der Waals surface area contributed by atoms with E-state index in [4.69, 9.17) is 5.73 Å². The minimum Gasteiger partial charge on any atom is -0.369 e. The third kappa shape index (κ3) is 1.25. The first-order valence-electron chi connectivity index (χ1n) is 4.48. The minimum absolute atomic E-state index is 0.206. The summed E-state index contributed by atoms with van der Waals surface area (Å²) in [6.07, 6.45) is 7.91. The number of fused-ring (bicyclic) bond motifs is 2. The largest absolute Gasteiger partial charge is 0.369 e. The predicted molar refractivity (Wildman–Crippen MR) is 46.5 cm³/mol. The van der Waals surface area contributed by atoms with Gasteiger partial charge >= 0.3 is 0 Å². The number of primary amides is 1. The third-order valence-corrected chi connectivity index (χ3v) is 2.80. The molecule has 0 spiro atoms. The van der Waals surface area contributed by atoms with Gasteiger partial charge in [0, 0.05) is 12.1 Å². The average Bonchev–Trinajstić information content (AvgIpc) is 2.30. The number of hydrogen-bond donors (Lipinski definition) is 1. The van der Waals surface area contributed by atoms with Crippen LogP contribution in [0.5, 0.6) is 0 Å². The highest BCUT2D eigenvalue weighted by Gasteiger charge is 2.34. The van der Waals surface area contributed by atoms with E-state index >= 15 is 0 Å². The maximum absolute atomic E-state index is 10.7. The van der Waals surface area contributed by atoms with Gasteiger partial charge in [0.2, 0.25) is 5.91 Å². The molecule has 2 aliphatic heterocycles. The molecule has 1 amide bonds. The van der Waals surface area contributed by atoms with E-state index in [1.165, 1.54) is 12.8 Å². The van der Waals surface area contributed by atoms with E-state index in [2.05, 4.69) is 17.1 Å². The summed E-state index contributed by atoms with van der Waals surface area (Å²) in [4.78, 5) is 13.0. The van der Waals surface area contributed by atoms with E-state index in [9.17, 15) is 4.79 Å². The quantitative estimate of drug-likeness (QED) is 0.598. The lowest BCUT2D eigenvalue weighted by Crippen LogP contribution is -2.42. The van der Waals surface area contributed by atoms with E-state index in [0.717, 1.165) is 6.42 Å². The van der Waals surface area contributed by atoms with Crippen molar-refractivity contribution in [2.24, 2.45) is 5.73 Å². The first kappa shape index (κ1) is 7.80. The van der Waals surface area contributed by atoms with Crippen LogP contribution < -0.4 is 5.73 Å². The summed E-state index contributed by atoms with van der Waals surface area (Å²) < 4.78 is 0. The molecule has 0 radical (unpaired) electrons. The lowest BCUT2D eigenvalue weighted by molar-refractivity contribution is -0.119. The van der Waals surface area contributed by atoms with Crippen LogP contribution in [0.2, 0.25) is 0 Å². The second-order valence-electron chi connectivity index (χ2n) is 3.60. The van der Waals surface area contributed by atoms with Gasteiger partial charge < -0.3 is 5.73 Å². The maximum Gasteiger partial charge on any atom is 0.231 e. The van der Waals surface area contributed by atoms with Crippen LogP contribution in [0.4, 0.5) is 0 Å². The summed E-state index contributed by atoms with van der Waals surface area (Å²) in [5.41, 5.74) is 5.17. The van der Waals surface area contributed by atoms with Crippen LogP contribution in [0.1, 0.15) is 19.3 Å². The van der Waals surface area contributed by atoms with Crippen LogP contribution >= 0.6 is 0 Å². The molecule has 2 rings (SSSR count). The van der Waals surface area contributed by atoms with Crippen molar-refractivity contribution in [2.75, 3.05) is 6.54 Å². The normalized spacial score (nSPS) is 34.0. The molecule has 3 nitrogen and oxygen atoms in total. The molecule has 2 bridgehead atoms. The van der Waals surface area contributed by atoms with E-state index in [1.807, 2.05) is 0 Å². The standard InChI is InChI=1S/C9H14N2O/c10-9(12)6-11-7-2-1-3-8(11)5-4-7/h1-2,7-8H,3-6H2,(H2,10,12). The number of carbonyl (C=O) groups is 1. The van der Waals surface area contributed by atoms with Crippen molar-refractivity contribution in [3.8, 4) is 0 Å².